The number of methoxy groups -OCH3 is 1. The van der Waals surface area contributed by atoms with Gasteiger partial charge >= 0.3 is 5.97 Å². The number of esters is 1. The van der Waals surface area contributed by atoms with Gasteiger partial charge in [0.25, 0.3) is 0 Å². The van der Waals surface area contributed by atoms with Crippen molar-refractivity contribution < 1.29 is 19.1 Å². The second kappa shape index (κ2) is 13.2. The predicted octanol–water partition coefficient (Wildman–Crippen LogP) is 7.72. The molecular weight excluding hydrogens is 448 g/mol. The Morgan fingerprint density at radius 3 is 2.56 bits per heavy atom. The zero-order valence-electron chi connectivity index (χ0n) is 22.9. The van der Waals surface area contributed by atoms with Crippen molar-refractivity contribution in [3.05, 3.63) is 64.6 Å². The van der Waals surface area contributed by atoms with Crippen LogP contribution in [-0.4, -0.2) is 25.5 Å². The molecule has 0 spiro atoms. The molecule has 2 atom stereocenters. The summed E-state index contributed by atoms with van der Waals surface area (Å²) in [7, 11) is 1.61. The van der Waals surface area contributed by atoms with Crippen LogP contribution in [0.4, 0.5) is 0 Å². The van der Waals surface area contributed by atoms with Gasteiger partial charge in [0, 0.05) is 43.4 Å². The van der Waals surface area contributed by atoms with Crippen LogP contribution in [0.25, 0.3) is 5.57 Å². The molecular formula is C32H43O4. The Kier molecular flexibility index (Phi) is 10.3. The molecule has 2 aliphatic carbocycles. The summed E-state index contributed by atoms with van der Waals surface area (Å²) in [5, 5.41) is 0. The minimum absolute atomic E-state index is 0.0530. The highest BCUT2D eigenvalue weighted by Crippen LogP contribution is 2.50. The van der Waals surface area contributed by atoms with Gasteiger partial charge in [-0.05, 0) is 74.6 Å². The first-order valence-corrected chi connectivity index (χ1v) is 13.6. The largest absolute Gasteiger partial charge is 0.426 e. The van der Waals surface area contributed by atoms with Crippen molar-refractivity contribution in [3.63, 3.8) is 0 Å². The van der Waals surface area contributed by atoms with Gasteiger partial charge in [-0.2, -0.15) is 0 Å². The molecule has 1 aromatic carbocycles. The van der Waals surface area contributed by atoms with E-state index in [9.17, 15) is 9.59 Å². The van der Waals surface area contributed by atoms with Gasteiger partial charge in [-0.1, -0.05) is 56.6 Å². The Morgan fingerprint density at radius 2 is 1.89 bits per heavy atom. The third-order valence-corrected chi connectivity index (χ3v) is 7.28. The van der Waals surface area contributed by atoms with E-state index in [1.165, 1.54) is 5.57 Å². The highest BCUT2D eigenvalue weighted by atomic mass is 16.5. The van der Waals surface area contributed by atoms with E-state index < -0.39 is 0 Å². The molecule has 0 saturated heterocycles. The number of ketones is 1. The molecule has 3 rings (SSSR count). The Hall–Kier alpha value is -2.46. The minimum Gasteiger partial charge on any atom is -0.426 e. The number of carbonyl (C=O) groups excluding carboxylic acids is 2. The van der Waals surface area contributed by atoms with Gasteiger partial charge in [-0.25, -0.2) is 0 Å². The van der Waals surface area contributed by atoms with Gasteiger partial charge in [-0.3, -0.25) is 9.59 Å². The van der Waals surface area contributed by atoms with Gasteiger partial charge in [-0.15, -0.1) is 0 Å². The lowest BCUT2D eigenvalue weighted by molar-refractivity contribution is -0.134. The van der Waals surface area contributed by atoms with Gasteiger partial charge in [0.2, 0.25) is 0 Å². The zero-order valence-corrected chi connectivity index (χ0v) is 22.9. The number of hydrogen-bond donors (Lipinski definition) is 0. The first-order chi connectivity index (χ1) is 17.3. The standard InChI is InChI=1S/C32H43O4/c1-7-9-10-12-23-18-28(25-20-26(25)29(33)15-16-35-6)32(30(19-23)36-31(34)11-8-2)27-17-22(5)13-14-24(27)21(3)4/h17-20,24,27H,3,7-16H2,1-2,4-6H3. The number of unbranched alkanes of at least 4 members (excludes halogenated alkanes) is 2. The van der Waals surface area contributed by atoms with Gasteiger partial charge < -0.3 is 9.47 Å². The van der Waals surface area contributed by atoms with Crippen LogP contribution in [-0.2, 0) is 20.7 Å². The van der Waals surface area contributed by atoms with E-state index in [0.717, 1.165) is 78.4 Å². The third-order valence-electron chi connectivity index (χ3n) is 7.28. The summed E-state index contributed by atoms with van der Waals surface area (Å²) in [6.07, 6.45) is 12.2. The Labute approximate surface area is 217 Å². The quantitative estimate of drug-likeness (QED) is 0.116. The van der Waals surface area contributed by atoms with Crippen LogP contribution < -0.4 is 4.74 Å². The fourth-order valence-corrected chi connectivity index (χ4v) is 5.23. The number of benzene rings is 1. The molecule has 0 fully saturated rings. The molecule has 1 radical (unpaired) electrons. The van der Waals surface area contributed by atoms with Crippen LogP contribution in [0.5, 0.6) is 5.75 Å². The number of Topliss-reactive ketones (excluding diaryl/α,β-unsaturated/α-hetero) is 1. The van der Waals surface area contributed by atoms with Crippen molar-refractivity contribution in [2.24, 2.45) is 5.92 Å². The van der Waals surface area contributed by atoms with Crippen LogP contribution in [0.15, 0.2) is 41.5 Å². The van der Waals surface area contributed by atoms with Crippen LogP contribution in [0.3, 0.4) is 0 Å². The van der Waals surface area contributed by atoms with Crippen molar-refractivity contribution in [2.75, 3.05) is 13.7 Å². The van der Waals surface area contributed by atoms with Gasteiger partial charge in [0.1, 0.15) is 5.75 Å². The predicted molar refractivity (Wildman–Crippen MR) is 147 cm³/mol. The smallest absolute Gasteiger partial charge is 0.311 e. The summed E-state index contributed by atoms with van der Waals surface area (Å²) in [6, 6.07) is 4.31. The number of rotatable bonds is 14. The van der Waals surface area contributed by atoms with E-state index >= 15 is 0 Å². The van der Waals surface area contributed by atoms with Crippen molar-refractivity contribution in [1.82, 2.24) is 0 Å². The highest BCUT2D eigenvalue weighted by Gasteiger charge is 2.37. The van der Waals surface area contributed by atoms with E-state index in [1.807, 2.05) is 13.3 Å². The molecule has 1 aromatic rings. The SMILES string of the molecule is C=C(C)C1CCC(C)=CC1c1c(OC(=O)CCC)cc(CCCCC)cc1C1=C(C(=O)CCOC)[CH]1. The number of aryl methyl sites for hydroxylation is 1. The lowest BCUT2D eigenvalue weighted by Crippen LogP contribution is -2.20. The summed E-state index contributed by atoms with van der Waals surface area (Å²) in [4.78, 5) is 25.6. The van der Waals surface area contributed by atoms with Crippen LogP contribution in [0.1, 0.15) is 102 Å². The monoisotopic (exact) mass is 491 g/mol. The lowest BCUT2D eigenvalue weighted by atomic mass is 9.72. The summed E-state index contributed by atoms with van der Waals surface area (Å²) < 4.78 is 11.2. The average molecular weight is 492 g/mol. The van der Waals surface area contributed by atoms with Crippen LogP contribution in [0, 0.1) is 12.3 Å². The molecule has 0 saturated carbocycles. The molecule has 0 aliphatic heterocycles. The number of ether oxygens (including phenoxy) is 2. The van der Waals surface area contributed by atoms with E-state index in [-0.39, 0.29) is 23.6 Å². The van der Waals surface area contributed by atoms with Crippen molar-refractivity contribution in [2.45, 2.75) is 91.4 Å². The molecule has 2 unspecified atom stereocenters. The minimum atomic E-state index is -0.205. The topological polar surface area (TPSA) is 52.6 Å². The van der Waals surface area contributed by atoms with Crippen molar-refractivity contribution >= 4 is 17.3 Å². The van der Waals surface area contributed by atoms with Crippen molar-refractivity contribution in [3.8, 4) is 5.75 Å². The molecule has 0 N–H and O–H groups in total. The van der Waals surface area contributed by atoms with E-state index in [4.69, 9.17) is 9.47 Å². The third kappa shape index (κ3) is 7.06. The molecule has 4 heteroatoms. The van der Waals surface area contributed by atoms with E-state index in [0.29, 0.717) is 25.2 Å². The summed E-state index contributed by atoms with van der Waals surface area (Å²) in [6.45, 7) is 13.2. The maximum atomic E-state index is 12.8. The van der Waals surface area contributed by atoms with E-state index in [1.54, 1.807) is 7.11 Å². The Morgan fingerprint density at radius 1 is 1.11 bits per heavy atom. The molecule has 2 aliphatic rings. The van der Waals surface area contributed by atoms with Gasteiger partial charge in [0.05, 0.1) is 6.61 Å². The molecule has 4 nitrogen and oxygen atoms in total. The zero-order chi connectivity index (χ0) is 26.2. The Bertz CT molecular complexity index is 1040. The van der Waals surface area contributed by atoms with E-state index in [2.05, 4.69) is 45.6 Å². The fourth-order valence-electron chi connectivity index (χ4n) is 5.23. The molecule has 0 heterocycles. The molecule has 0 bridgehead atoms. The molecule has 0 amide bonds. The normalized spacial score (nSPS) is 19.2. The van der Waals surface area contributed by atoms with Crippen LogP contribution >= 0.6 is 0 Å². The second-order valence-electron chi connectivity index (χ2n) is 10.4. The number of hydrogen-bond acceptors (Lipinski definition) is 4. The maximum absolute atomic E-state index is 12.8. The van der Waals surface area contributed by atoms with Crippen molar-refractivity contribution in [1.29, 1.82) is 0 Å². The number of carbonyl (C=O) groups is 2. The molecule has 36 heavy (non-hydrogen) atoms. The van der Waals surface area contributed by atoms with Gasteiger partial charge in [0.15, 0.2) is 5.78 Å². The molecule has 195 valence electrons. The average Bonchev–Trinajstić information content (AvgIpc) is 3.63. The summed E-state index contributed by atoms with van der Waals surface area (Å²) >= 11 is 0. The first-order valence-electron chi connectivity index (χ1n) is 13.6. The lowest BCUT2D eigenvalue weighted by Gasteiger charge is -2.33. The summed E-state index contributed by atoms with van der Waals surface area (Å²) in [5.41, 5.74) is 7.44. The fraction of sp³-hybridized carbons (Fsp3) is 0.531. The first kappa shape index (κ1) is 28.1. The maximum Gasteiger partial charge on any atom is 0.311 e. The highest BCUT2D eigenvalue weighted by molar-refractivity contribution is 6.18. The second-order valence-corrected chi connectivity index (χ2v) is 10.4. The Balaban J connectivity index is 2.18. The number of allylic oxidation sites excluding steroid dienone is 5. The summed E-state index contributed by atoms with van der Waals surface area (Å²) in [5.74, 6) is 0.858. The van der Waals surface area contributed by atoms with Crippen LogP contribution in [0.2, 0.25) is 0 Å². The molecule has 0 aromatic heterocycles.